The molecule has 0 bridgehead atoms. The summed E-state index contributed by atoms with van der Waals surface area (Å²) in [6, 6.07) is 1.73. The maximum atomic E-state index is 9.64. The van der Waals surface area contributed by atoms with Gasteiger partial charge in [-0.05, 0) is 12.8 Å². The zero-order chi connectivity index (χ0) is 14.1. The highest BCUT2D eigenvalue weighted by Crippen LogP contribution is 2.33. The second-order valence-electron chi connectivity index (χ2n) is 6.42. The van der Waals surface area contributed by atoms with Crippen molar-refractivity contribution in [2.75, 3.05) is 11.9 Å². The molecule has 0 atom stereocenters. The summed E-state index contributed by atoms with van der Waals surface area (Å²) in [6.07, 6.45) is 4.21. The molecule has 1 aliphatic carbocycles. The molecule has 2 rings (SSSR count). The number of halogens is 1. The van der Waals surface area contributed by atoms with Crippen molar-refractivity contribution in [3.63, 3.8) is 0 Å². The Morgan fingerprint density at radius 3 is 2.47 bits per heavy atom. The van der Waals surface area contributed by atoms with E-state index in [0.29, 0.717) is 16.8 Å². The first kappa shape index (κ1) is 14.5. The van der Waals surface area contributed by atoms with Crippen LogP contribution in [-0.4, -0.2) is 27.2 Å². The highest BCUT2D eigenvalue weighted by atomic mass is 35.5. The zero-order valence-corrected chi connectivity index (χ0v) is 12.6. The molecule has 1 heterocycles. The lowest BCUT2D eigenvalue weighted by Gasteiger charge is -2.29. The predicted molar refractivity (Wildman–Crippen MR) is 77.6 cm³/mol. The van der Waals surface area contributed by atoms with Gasteiger partial charge in [0.15, 0.2) is 0 Å². The van der Waals surface area contributed by atoms with Gasteiger partial charge in [-0.25, -0.2) is 9.97 Å². The summed E-state index contributed by atoms with van der Waals surface area (Å²) < 4.78 is 0. The quantitative estimate of drug-likeness (QED) is 0.837. The summed E-state index contributed by atoms with van der Waals surface area (Å²) >= 11 is 6.08. The van der Waals surface area contributed by atoms with Crippen molar-refractivity contribution in [3.05, 3.63) is 17.0 Å². The third-order valence-corrected chi connectivity index (χ3v) is 3.82. The third-order valence-electron chi connectivity index (χ3n) is 3.62. The molecule has 2 N–H and O–H groups in total. The Hall–Kier alpha value is -0.870. The van der Waals surface area contributed by atoms with E-state index in [1.54, 1.807) is 6.07 Å². The van der Waals surface area contributed by atoms with Crippen LogP contribution in [0.15, 0.2) is 6.07 Å². The molecule has 1 aromatic heterocycles. The number of anilines is 1. The summed E-state index contributed by atoms with van der Waals surface area (Å²) in [6.45, 7) is 6.29. The lowest BCUT2D eigenvalue weighted by molar-refractivity contribution is 0.213. The molecule has 106 valence electrons. The fraction of sp³-hybridized carbons (Fsp3) is 0.714. The van der Waals surface area contributed by atoms with Crippen LogP contribution in [0.2, 0.25) is 5.15 Å². The van der Waals surface area contributed by atoms with Crippen LogP contribution in [0.5, 0.6) is 0 Å². The van der Waals surface area contributed by atoms with E-state index in [9.17, 15) is 5.11 Å². The van der Waals surface area contributed by atoms with Gasteiger partial charge >= 0.3 is 0 Å². The SMILES string of the molecule is CC(C)(C)c1nc(Cl)cc(NC2(CO)CCCC2)n1. The molecule has 0 aromatic carbocycles. The third kappa shape index (κ3) is 3.37. The first-order chi connectivity index (χ1) is 8.85. The normalized spacial score (nSPS) is 18.6. The van der Waals surface area contributed by atoms with Gasteiger partial charge in [0, 0.05) is 11.5 Å². The minimum absolute atomic E-state index is 0.124. The van der Waals surface area contributed by atoms with E-state index in [0.717, 1.165) is 25.7 Å². The van der Waals surface area contributed by atoms with Gasteiger partial charge in [0.2, 0.25) is 0 Å². The summed E-state index contributed by atoms with van der Waals surface area (Å²) in [5.74, 6) is 1.43. The van der Waals surface area contributed by atoms with Gasteiger partial charge in [0.05, 0.1) is 12.1 Å². The molecule has 0 amide bonds. The van der Waals surface area contributed by atoms with Crippen LogP contribution in [0, 0.1) is 0 Å². The number of rotatable bonds is 3. The molecule has 0 unspecified atom stereocenters. The fourth-order valence-electron chi connectivity index (χ4n) is 2.46. The Bertz CT molecular complexity index is 450. The second kappa shape index (κ2) is 5.25. The molecular formula is C14H22ClN3O. The topological polar surface area (TPSA) is 58.0 Å². The average Bonchev–Trinajstić information content (AvgIpc) is 2.76. The van der Waals surface area contributed by atoms with Crippen molar-refractivity contribution in [1.82, 2.24) is 9.97 Å². The van der Waals surface area contributed by atoms with E-state index >= 15 is 0 Å². The van der Waals surface area contributed by atoms with Gasteiger partial charge in [0.25, 0.3) is 0 Å². The van der Waals surface area contributed by atoms with Crippen LogP contribution >= 0.6 is 11.6 Å². The Balaban J connectivity index is 2.27. The van der Waals surface area contributed by atoms with E-state index in [-0.39, 0.29) is 17.6 Å². The molecule has 0 aliphatic heterocycles. The Labute approximate surface area is 119 Å². The van der Waals surface area contributed by atoms with Crippen LogP contribution in [0.25, 0.3) is 0 Å². The molecule has 0 spiro atoms. The number of aliphatic hydroxyl groups is 1. The van der Waals surface area contributed by atoms with Crippen LogP contribution in [0.4, 0.5) is 5.82 Å². The van der Waals surface area contributed by atoms with Crippen molar-refractivity contribution >= 4 is 17.4 Å². The van der Waals surface area contributed by atoms with E-state index in [4.69, 9.17) is 11.6 Å². The van der Waals surface area contributed by atoms with Crippen molar-refractivity contribution < 1.29 is 5.11 Å². The van der Waals surface area contributed by atoms with Crippen LogP contribution in [-0.2, 0) is 5.41 Å². The maximum absolute atomic E-state index is 9.64. The monoisotopic (exact) mass is 283 g/mol. The molecule has 0 saturated heterocycles. The van der Waals surface area contributed by atoms with Gasteiger partial charge in [-0.2, -0.15) is 0 Å². The Morgan fingerprint density at radius 2 is 1.95 bits per heavy atom. The van der Waals surface area contributed by atoms with Gasteiger partial charge in [-0.3, -0.25) is 0 Å². The molecular weight excluding hydrogens is 262 g/mol. The van der Waals surface area contributed by atoms with Crippen molar-refractivity contribution in [3.8, 4) is 0 Å². The minimum atomic E-state index is -0.243. The predicted octanol–water partition coefficient (Wildman–Crippen LogP) is 3.14. The minimum Gasteiger partial charge on any atom is -0.394 e. The van der Waals surface area contributed by atoms with E-state index in [2.05, 4.69) is 36.1 Å². The lowest BCUT2D eigenvalue weighted by Crippen LogP contribution is -2.39. The van der Waals surface area contributed by atoms with E-state index in [1.807, 2.05) is 0 Å². The summed E-state index contributed by atoms with van der Waals surface area (Å²) in [5, 5.41) is 13.4. The summed E-state index contributed by atoms with van der Waals surface area (Å²) in [4.78, 5) is 8.82. The number of nitrogens with one attached hydrogen (secondary N) is 1. The number of aromatic nitrogens is 2. The first-order valence-electron chi connectivity index (χ1n) is 6.79. The Kier molecular flexibility index (Phi) is 4.02. The largest absolute Gasteiger partial charge is 0.394 e. The standard InChI is InChI=1S/C14H22ClN3O/c1-13(2,3)12-16-10(15)8-11(17-12)18-14(9-19)6-4-5-7-14/h8,19H,4-7,9H2,1-3H3,(H,16,17,18). The summed E-state index contributed by atoms with van der Waals surface area (Å²) in [5.41, 5.74) is -0.393. The molecule has 5 heteroatoms. The number of hydrogen-bond acceptors (Lipinski definition) is 4. The zero-order valence-electron chi connectivity index (χ0n) is 11.8. The lowest BCUT2D eigenvalue weighted by atomic mass is 9.95. The van der Waals surface area contributed by atoms with Crippen molar-refractivity contribution in [2.24, 2.45) is 0 Å². The number of aliphatic hydroxyl groups excluding tert-OH is 1. The Morgan fingerprint density at radius 1 is 1.32 bits per heavy atom. The van der Waals surface area contributed by atoms with Crippen LogP contribution < -0.4 is 5.32 Å². The molecule has 1 aliphatic rings. The van der Waals surface area contributed by atoms with Crippen LogP contribution in [0.3, 0.4) is 0 Å². The fourth-order valence-corrected chi connectivity index (χ4v) is 2.65. The molecule has 4 nitrogen and oxygen atoms in total. The van der Waals surface area contributed by atoms with Gasteiger partial charge in [-0.1, -0.05) is 45.2 Å². The smallest absolute Gasteiger partial charge is 0.137 e. The summed E-state index contributed by atoms with van der Waals surface area (Å²) in [7, 11) is 0. The highest BCUT2D eigenvalue weighted by Gasteiger charge is 2.33. The van der Waals surface area contributed by atoms with Crippen molar-refractivity contribution in [2.45, 2.75) is 57.4 Å². The number of nitrogens with zero attached hydrogens (tertiary/aromatic N) is 2. The second-order valence-corrected chi connectivity index (χ2v) is 6.81. The van der Waals surface area contributed by atoms with Gasteiger partial charge in [0.1, 0.15) is 16.8 Å². The average molecular weight is 284 g/mol. The maximum Gasteiger partial charge on any atom is 0.137 e. The van der Waals surface area contributed by atoms with Gasteiger partial charge in [-0.15, -0.1) is 0 Å². The van der Waals surface area contributed by atoms with E-state index < -0.39 is 0 Å². The van der Waals surface area contributed by atoms with Gasteiger partial charge < -0.3 is 10.4 Å². The highest BCUT2D eigenvalue weighted by molar-refractivity contribution is 6.29. The number of hydrogen-bond donors (Lipinski definition) is 2. The van der Waals surface area contributed by atoms with E-state index in [1.165, 1.54) is 0 Å². The van der Waals surface area contributed by atoms with Crippen molar-refractivity contribution in [1.29, 1.82) is 0 Å². The van der Waals surface area contributed by atoms with Crippen LogP contribution in [0.1, 0.15) is 52.3 Å². The molecule has 1 aromatic rings. The molecule has 1 saturated carbocycles. The molecule has 0 radical (unpaired) electrons. The first-order valence-corrected chi connectivity index (χ1v) is 7.17. The molecule has 1 fully saturated rings. The molecule has 19 heavy (non-hydrogen) atoms.